The maximum atomic E-state index is 3.73. The molecule has 0 aliphatic heterocycles. The Labute approximate surface area is 89.1 Å². The lowest BCUT2D eigenvalue weighted by Gasteiger charge is -2.41. The predicted molar refractivity (Wildman–Crippen MR) is 63.2 cm³/mol. The van der Waals surface area contributed by atoms with Gasteiger partial charge in [0.15, 0.2) is 0 Å². The highest BCUT2D eigenvalue weighted by Gasteiger charge is 2.35. The van der Waals surface area contributed by atoms with Crippen molar-refractivity contribution in [2.45, 2.75) is 52.9 Å². The third-order valence-electron chi connectivity index (χ3n) is 4.18. The van der Waals surface area contributed by atoms with Crippen molar-refractivity contribution in [1.82, 2.24) is 0 Å². The van der Waals surface area contributed by atoms with Crippen LogP contribution >= 0.6 is 0 Å². The fourth-order valence-electron chi connectivity index (χ4n) is 3.04. The first-order chi connectivity index (χ1) is 6.67. The van der Waals surface area contributed by atoms with Crippen LogP contribution in [-0.4, -0.2) is 0 Å². The van der Waals surface area contributed by atoms with E-state index in [0.29, 0.717) is 5.41 Å². The van der Waals surface area contributed by atoms with Gasteiger partial charge in [0.2, 0.25) is 0 Å². The molecule has 0 aromatic heterocycles. The van der Waals surface area contributed by atoms with Gasteiger partial charge in [-0.15, -0.1) is 5.73 Å². The second kappa shape index (κ2) is 4.84. The van der Waals surface area contributed by atoms with Crippen LogP contribution in [0.25, 0.3) is 0 Å². The van der Waals surface area contributed by atoms with Gasteiger partial charge in [0, 0.05) is 0 Å². The average Bonchev–Trinajstić information content (AvgIpc) is 2.18. The van der Waals surface area contributed by atoms with Crippen molar-refractivity contribution < 1.29 is 0 Å². The predicted octanol–water partition coefficient (Wildman–Crippen LogP) is 4.57. The fourth-order valence-corrected chi connectivity index (χ4v) is 3.04. The van der Waals surface area contributed by atoms with Gasteiger partial charge in [0.25, 0.3) is 0 Å². The van der Waals surface area contributed by atoms with E-state index < -0.39 is 0 Å². The number of hydrogen-bond acceptors (Lipinski definition) is 0. The molecule has 1 saturated carbocycles. The lowest BCUT2D eigenvalue weighted by atomic mass is 9.64. The molecule has 1 rings (SSSR count). The maximum Gasteiger partial charge on any atom is -0.00426 e. The first-order valence-corrected chi connectivity index (χ1v) is 6.04. The van der Waals surface area contributed by atoms with E-state index in [-0.39, 0.29) is 0 Å². The molecular formula is C14H24. The van der Waals surface area contributed by atoms with E-state index in [1.54, 1.807) is 0 Å². The fraction of sp³-hybridized carbons (Fsp3) is 0.786. The summed E-state index contributed by atoms with van der Waals surface area (Å²) in [6, 6.07) is 0. The topological polar surface area (TPSA) is 0 Å². The molecule has 0 heterocycles. The molecule has 0 heteroatoms. The zero-order valence-electron chi connectivity index (χ0n) is 9.97. The van der Waals surface area contributed by atoms with Gasteiger partial charge in [-0.05, 0) is 49.0 Å². The third-order valence-corrected chi connectivity index (χ3v) is 4.18. The number of allylic oxidation sites excluding steroid dienone is 1. The molecule has 1 aliphatic carbocycles. The summed E-state index contributed by atoms with van der Waals surface area (Å²) in [5.74, 6) is 1.83. The zero-order chi connectivity index (χ0) is 10.6. The van der Waals surface area contributed by atoms with Crippen molar-refractivity contribution in [2.75, 3.05) is 0 Å². The molecule has 0 aromatic rings. The van der Waals surface area contributed by atoms with Crippen LogP contribution in [0.2, 0.25) is 0 Å². The minimum atomic E-state index is 0.423. The molecule has 1 aliphatic rings. The van der Waals surface area contributed by atoms with E-state index in [0.717, 1.165) is 11.8 Å². The Morgan fingerprint density at radius 2 is 2.21 bits per heavy atom. The molecule has 14 heavy (non-hydrogen) atoms. The lowest BCUT2D eigenvalue weighted by molar-refractivity contribution is 0.131. The van der Waals surface area contributed by atoms with Gasteiger partial charge in [-0.2, -0.15) is 0 Å². The minimum absolute atomic E-state index is 0.423. The SMILES string of the molecule is C=C=CC1(CC)CCC(CC)C(C)C1. The van der Waals surface area contributed by atoms with E-state index >= 15 is 0 Å². The Morgan fingerprint density at radius 3 is 2.64 bits per heavy atom. The van der Waals surface area contributed by atoms with Gasteiger partial charge in [-0.1, -0.05) is 33.8 Å². The minimum Gasteiger partial charge on any atom is -0.132 e. The molecule has 80 valence electrons. The summed E-state index contributed by atoms with van der Waals surface area (Å²) >= 11 is 0. The molecule has 0 aromatic carbocycles. The third kappa shape index (κ3) is 2.30. The van der Waals surface area contributed by atoms with Crippen LogP contribution in [0.5, 0.6) is 0 Å². The molecule has 3 atom stereocenters. The van der Waals surface area contributed by atoms with Crippen molar-refractivity contribution in [3.63, 3.8) is 0 Å². The average molecular weight is 192 g/mol. The molecular weight excluding hydrogens is 168 g/mol. The summed E-state index contributed by atoms with van der Waals surface area (Å²) in [5.41, 5.74) is 3.43. The molecule has 1 fully saturated rings. The zero-order valence-corrected chi connectivity index (χ0v) is 9.97. The van der Waals surface area contributed by atoms with Gasteiger partial charge in [-0.25, -0.2) is 0 Å². The molecule has 0 radical (unpaired) electrons. The Hall–Kier alpha value is -0.480. The normalized spacial score (nSPS) is 37.6. The van der Waals surface area contributed by atoms with Gasteiger partial charge < -0.3 is 0 Å². The summed E-state index contributed by atoms with van der Waals surface area (Å²) in [6.07, 6.45) is 8.90. The summed E-state index contributed by atoms with van der Waals surface area (Å²) in [6.45, 7) is 10.8. The molecule has 0 N–H and O–H groups in total. The first-order valence-electron chi connectivity index (χ1n) is 6.04. The Bertz CT molecular complexity index is 222. The van der Waals surface area contributed by atoms with Crippen molar-refractivity contribution in [1.29, 1.82) is 0 Å². The molecule has 0 nitrogen and oxygen atoms in total. The highest BCUT2D eigenvalue weighted by molar-refractivity contribution is 5.01. The van der Waals surface area contributed by atoms with Crippen molar-refractivity contribution in [3.8, 4) is 0 Å². The Morgan fingerprint density at radius 1 is 1.50 bits per heavy atom. The van der Waals surface area contributed by atoms with Crippen LogP contribution in [0, 0.1) is 17.3 Å². The number of hydrogen-bond donors (Lipinski definition) is 0. The van der Waals surface area contributed by atoms with Crippen molar-refractivity contribution in [3.05, 3.63) is 18.4 Å². The summed E-state index contributed by atoms with van der Waals surface area (Å²) < 4.78 is 0. The highest BCUT2D eigenvalue weighted by atomic mass is 14.4. The van der Waals surface area contributed by atoms with Crippen LogP contribution < -0.4 is 0 Å². The summed E-state index contributed by atoms with van der Waals surface area (Å²) in [5, 5.41) is 0. The maximum absolute atomic E-state index is 3.73. The van der Waals surface area contributed by atoms with Crippen molar-refractivity contribution in [2.24, 2.45) is 17.3 Å². The Balaban J connectivity index is 2.71. The summed E-state index contributed by atoms with van der Waals surface area (Å²) in [4.78, 5) is 0. The lowest BCUT2D eigenvalue weighted by Crippen LogP contribution is -2.30. The van der Waals surface area contributed by atoms with E-state index in [2.05, 4.69) is 39.2 Å². The van der Waals surface area contributed by atoms with Crippen molar-refractivity contribution >= 4 is 0 Å². The molecule has 0 amide bonds. The van der Waals surface area contributed by atoms with Gasteiger partial charge in [0.1, 0.15) is 0 Å². The standard InChI is InChI=1S/C14H24/c1-5-9-14(7-3)10-8-13(6-2)12(4)11-14/h9,12-13H,1,6-8,10-11H2,2-4H3. The highest BCUT2D eigenvalue weighted by Crippen LogP contribution is 2.46. The van der Waals surface area contributed by atoms with E-state index in [4.69, 9.17) is 0 Å². The molecule has 3 unspecified atom stereocenters. The number of rotatable bonds is 3. The van der Waals surface area contributed by atoms with Gasteiger partial charge in [-0.3, -0.25) is 0 Å². The quantitative estimate of drug-likeness (QED) is 0.575. The van der Waals surface area contributed by atoms with E-state index in [1.807, 2.05) is 0 Å². The second-order valence-corrected chi connectivity index (χ2v) is 4.95. The largest absolute Gasteiger partial charge is 0.132 e. The smallest absolute Gasteiger partial charge is 0.00426 e. The molecule has 0 spiro atoms. The molecule has 0 bridgehead atoms. The Kier molecular flexibility index (Phi) is 4.01. The van der Waals surface area contributed by atoms with Gasteiger partial charge in [0.05, 0.1) is 0 Å². The summed E-state index contributed by atoms with van der Waals surface area (Å²) in [7, 11) is 0. The monoisotopic (exact) mass is 192 g/mol. The van der Waals surface area contributed by atoms with Crippen LogP contribution in [-0.2, 0) is 0 Å². The van der Waals surface area contributed by atoms with Crippen LogP contribution in [0.3, 0.4) is 0 Å². The first kappa shape index (κ1) is 11.6. The van der Waals surface area contributed by atoms with Crippen LogP contribution in [0.4, 0.5) is 0 Å². The second-order valence-electron chi connectivity index (χ2n) is 4.95. The van der Waals surface area contributed by atoms with Crippen LogP contribution in [0.15, 0.2) is 18.4 Å². The van der Waals surface area contributed by atoms with Gasteiger partial charge >= 0.3 is 0 Å². The van der Waals surface area contributed by atoms with E-state index in [9.17, 15) is 0 Å². The van der Waals surface area contributed by atoms with Crippen LogP contribution in [0.1, 0.15) is 52.9 Å². The van der Waals surface area contributed by atoms with E-state index in [1.165, 1.54) is 32.1 Å². The molecule has 0 saturated heterocycles.